The van der Waals surface area contributed by atoms with Crippen LogP contribution >= 0.6 is 0 Å². The molecule has 0 unspecified atom stereocenters. The minimum absolute atomic E-state index is 0.155. The summed E-state index contributed by atoms with van der Waals surface area (Å²) in [6.45, 7) is 4.81. The molecular weight excluding hydrogens is 249 g/mol. The maximum absolute atomic E-state index is 12.4. The second-order valence-corrected chi connectivity index (χ2v) is 4.66. The van der Waals surface area contributed by atoms with Crippen molar-refractivity contribution in [2.45, 2.75) is 32.5 Å². The summed E-state index contributed by atoms with van der Waals surface area (Å²) >= 11 is 0. The highest BCUT2D eigenvalue weighted by Crippen LogP contribution is 2.29. The van der Waals surface area contributed by atoms with E-state index in [1.165, 1.54) is 0 Å². The van der Waals surface area contributed by atoms with Crippen molar-refractivity contribution in [3.05, 3.63) is 23.5 Å². The number of nitrogens with zero attached hydrogens (tertiary/aromatic N) is 1. The van der Waals surface area contributed by atoms with Gasteiger partial charge in [0.2, 0.25) is 0 Å². The van der Waals surface area contributed by atoms with Crippen LogP contribution in [0.5, 0.6) is 0 Å². The first-order valence-corrected chi connectivity index (χ1v) is 5.07. The fraction of sp³-hybridized carbons (Fsp3) is 0.455. The summed E-state index contributed by atoms with van der Waals surface area (Å²) in [6, 6.07) is 0.587. The third kappa shape index (κ3) is 3.61. The first-order valence-electron chi connectivity index (χ1n) is 5.07. The van der Waals surface area contributed by atoms with Gasteiger partial charge in [0, 0.05) is 0 Å². The summed E-state index contributed by atoms with van der Waals surface area (Å²) in [7, 11) is 0. The number of alkyl halides is 3. The van der Waals surface area contributed by atoms with E-state index in [-0.39, 0.29) is 11.3 Å². The van der Waals surface area contributed by atoms with E-state index in [0.717, 1.165) is 6.20 Å². The molecule has 1 aromatic rings. The zero-order valence-electron chi connectivity index (χ0n) is 10.1. The number of nitrogen functional groups attached to an aromatic ring is 1. The molecule has 7 heteroatoms. The van der Waals surface area contributed by atoms with Crippen LogP contribution in [-0.2, 0) is 10.9 Å². The Bertz CT molecular complexity index is 464. The Labute approximate surface area is 102 Å². The fourth-order valence-corrected chi connectivity index (χ4v) is 1.13. The van der Waals surface area contributed by atoms with E-state index in [9.17, 15) is 18.0 Å². The standard InChI is InChI=1S/C11H13F3N2O2/c1-10(2,3)18-9(17)6-4-8(11(12,13)14)16-5-7(6)15/h4-5H,15H2,1-3H3. The van der Waals surface area contributed by atoms with Crippen molar-refractivity contribution in [3.8, 4) is 0 Å². The third-order valence-corrected chi connectivity index (χ3v) is 1.84. The number of hydrogen-bond donors (Lipinski definition) is 1. The van der Waals surface area contributed by atoms with Gasteiger partial charge in [-0.2, -0.15) is 13.2 Å². The highest BCUT2D eigenvalue weighted by atomic mass is 19.4. The van der Waals surface area contributed by atoms with Crippen LogP contribution in [0.4, 0.5) is 18.9 Å². The molecule has 0 aliphatic rings. The Morgan fingerprint density at radius 1 is 1.33 bits per heavy atom. The van der Waals surface area contributed by atoms with E-state index < -0.39 is 23.4 Å². The molecule has 18 heavy (non-hydrogen) atoms. The van der Waals surface area contributed by atoms with Gasteiger partial charge in [-0.15, -0.1) is 0 Å². The van der Waals surface area contributed by atoms with Crippen molar-refractivity contribution >= 4 is 11.7 Å². The van der Waals surface area contributed by atoms with Crippen LogP contribution in [0.3, 0.4) is 0 Å². The van der Waals surface area contributed by atoms with E-state index in [0.29, 0.717) is 6.07 Å². The Morgan fingerprint density at radius 2 is 1.89 bits per heavy atom. The van der Waals surface area contributed by atoms with Crippen molar-refractivity contribution in [3.63, 3.8) is 0 Å². The number of rotatable bonds is 1. The summed E-state index contributed by atoms with van der Waals surface area (Å²) in [5.41, 5.74) is 2.93. The van der Waals surface area contributed by atoms with E-state index in [1.807, 2.05) is 0 Å². The number of hydrogen-bond acceptors (Lipinski definition) is 4. The highest BCUT2D eigenvalue weighted by molar-refractivity contribution is 5.95. The SMILES string of the molecule is CC(C)(C)OC(=O)c1cc(C(F)(F)F)ncc1N. The van der Waals surface area contributed by atoms with Gasteiger partial charge >= 0.3 is 12.1 Å². The van der Waals surface area contributed by atoms with E-state index in [1.54, 1.807) is 20.8 Å². The smallest absolute Gasteiger partial charge is 0.433 e. The number of ether oxygens (including phenoxy) is 1. The van der Waals surface area contributed by atoms with Gasteiger partial charge in [-0.25, -0.2) is 9.78 Å². The van der Waals surface area contributed by atoms with Gasteiger partial charge in [-0.3, -0.25) is 0 Å². The van der Waals surface area contributed by atoms with Crippen molar-refractivity contribution in [2.24, 2.45) is 0 Å². The second-order valence-electron chi connectivity index (χ2n) is 4.66. The number of carbonyl (C=O) groups is 1. The van der Waals surface area contributed by atoms with Crippen molar-refractivity contribution < 1.29 is 22.7 Å². The summed E-state index contributed by atoms with van der Waals surface area (Å²) in [6.07, 6.45) is -3.84. The number of halogens is 3. The predicted molar refractivity (Wildman–Crippen MR) is 58.8 cm³/mol. The molecular formula is C11H13F3N2O2. The molecule has 0 radical (unpaired) electrons. The number of aromatic nitrogens is 1. The molecule has 0 aliphatic carbocycles. The molecule has 0 atom stereocenters. The van der Waals surface area contributed by atoms with E-state index in [4.69, 9.17) is 10.5 Å². The van der Waals surface area contributed by atoms with Crippen LogP contribution in [0.2, 0.25) is 0 Å². The minimum Gasteiger partial charge on any atom is -0.456 e. The topological polar surface area (TPSA) is 65.2 Å². The zero-order chi connectivity index (χ0) is 14.1. The first-order chi connectivity index (χ1) is 8.00. The lowest BCUT2D eigenvalue weighted by Gasteiger charge is -2.20. The van der Waals surface area contributed by atoms with Gasteiger partial charge in [-0.1, -0.05) is 0 Å². The second kappa shape index (κ2) is 4.47. The fourth-order valence-electron chi connectivity index (χ4n) is 1.13. The van der Waals surface area contributed by atoms with Crippen LogP contribution in [0.15, 0.2) is 12.3 Å². The molecule has 0 aromatic carbocycles. The highest BCUT2D eigenvalue weighted by Gasteiger charge is 2.34. The molecule has 0 spiro atoms. The van der Waals surface area contributed by atoms with Gasteiger partial charge in [0.25, 0.3) is 0 Å². The maximum Gasteiger partial charge on any atom is 0.433 e. The van der Waals surface area contributed by atoms with Crippen LogP contribution in [0.25, 0.3) is 0 Å². The number of carbonyl (C=O) groups excluding carboxylic acids is 1. The van der Waals surface area contributed by atoms with Crippen molar-refractivity contribution in [1.29, 1.82) is 0 Å². The van der Waals surface area contributed by atoms with Crippen LogP contribution < -0.4 is 5.73 Å². The number of pyridine rings is 1. The Morgan fingerprint density at radius 3 is 2.33 bits per heavy atom. The predicted octanol–water partition coefficient (Wildman–Crippen LogP) is 2.64. The first kappa shape index (κ1) is 14.3. The average Bonchev–Trinajstić information content (AvgIpc) is 2.13. The van der Waals surface area contributed by atoms with Crippen molar-refractivity contribution in [1.82, 2.24) is 4.98 Å². The van der Waals surface area contributed by atoms with Crippen molar-refractivity contribution in [2.75, 3.05) is 5.73 Å². The Hall–Kier alpha value is -1.79. The molecule has 4 nitrogen and oxygen atoms in total. The summed E-state index contributed by atoms with van der Waals surface area (Å²) < 4.78 is 42.3. The molecule has 2 N–H and O–H groups in total. The monoisotopic (exact) mass is 262 g/mol. The van der Waals surface area contributed by atoms with E-state index >= 15 is 0 Å². The molecule has 0 saturated heterocycles. The van der Waals surface area contributed by atoms with E-state index in [2.05, 4.69) is 4.98 Å². The molecule has 1 rings (SSSR count). The van der Waals surface area contributed by atoms with Gasteiger partial charge < -0.3 is 10.5 Å². The molecule has 0 aliphatic heterocycles. The Balaban J connectivity index is 3.13. The number of anilines is 1. The normalized spacial score (nSPS) is 12.3. The Kier molecular flexibility index (Phi) is 3.54. The molecule has 0 saturated carbocycles. The lowest BCUT2D eigenvalue weighted by Crippen LogP contribution is -2.25. The summed E-state index contributed by atoms with van der Waals surface area (Å²) in [5.74, 6) is -0.909. The number of esters is 1. The van der Waals surface area contributed by atoms with Gasteiger partial charge in [-0.05, 0) is 26.8 Å². The number of nitrogens with two attached hydrogens (primary N) is 1. The van der Waals surface area contributed by atoms with Crippen LogP contribution in [0, 0.1) is 0 Å². The lowest BCUT2D eigenvalue weighted by atomic mass is 10.1. The molecule has 1 heterocycles. The largest absolute Gasteiger partial charge is 0.456 e. The molecule has 0 bridgehead atoms. The van der Waals surface area contributed by atoms with Crippen LogP contribution in [-0.4, -0.2) is 16.6 Å². The maximum atomic E-state index is 12.4. The molecule has 0 amide bonds. The molecule has 100 valence electrons. The summed E-state index contributed by atoms with van der Waals surface area (Å²) in [5, 5.41) is 0. The third-order valence-electron chi connectivity index (χ3n) is 1.84. The van der Waals surface area contributed by atoms with Gasteiger partial charge in [0.05, 0.1) is 17.4 Å². The quantitative estimate of drug-likeness (QED) is 0.790. The van der Waals surface area contributed by atoms with Crippen LogP contribution in [0.1, 0.15) is 36.8 Å². The van der Waals surface area contributed by atoms with Gasteiger partial charge in [0.15, 0.2) is 0 Å². The summed E-state index contributed by atoms with van der Waals surface area (Å²) in [4.78, 5) is 14.8. The molecule has 1 aromatic heterocycles. The lowest BCUT2D eigenvalue weighted by molar-refractivity contribution is -0.141. The minimum atomic E-state index is -4.63. The molecule has 0 fully saturated rings. The zero-order valence-corrected chi connectivity index (χ0v) is 10.1. The van der Waals surface area contributed by atoms with Gasteiger partial charge in [0.1, 0.15) is 11.3 Å². The average molecular weight is 262 g/mol.